The van der Waals surface area contributed by atoms with Crippen LogP contribution in [0.2, 0.25) is 0 Å². The third-order valence-corrected chi connectivity index (χ3v) is 2.61. The van der Waals surface area contributed by atoms with Crippen molar-refractivity contribution < 1.29 is 9.47 Å². The maximum atomic E-state index is 5.69. The minimum atomic E-state index is 0.471. The van der Waals surface area contributed by atoms with Gasteiger partial charge in [-0.1, -0.05) is 6.07 Å². The number of hydrogen-bond acceptors (Lipinski definition) is 5. The molecule has 0 unspecified atom stereocenters. The number of nitrogens with zero attached hydrogens (tertiary/aromatic N) is 1. The lowest BCUT2D eigenvalue weighted by Gasteiger charge is -2.11. The molecule has 0 fully saturated rings. The highest BCUT2D eigenvalue weighted by Gasteiger charge is 2.09. The molecule has 1 heterocycles. The first-order valence-electron chi connectivity index (χ1n) is 5.98. The SMILES string of the molecule is COc1cc(OCCN)ccc1-c1cccc(N)n1. The van der Waals surface area contributed by atoms with Gasteiger partial charge in [0.2, 0.25) is 0 Å². The molecule has 0 aliphatic rings. The van der Waals surface area contributed by atoms with Gasteiger partial charge in [-0.2, -0.15) is 0 Å². The Hall–Kier alpha value is -2.27. The summed E-state index contributed by atoms with van der Waals surface area (Å²) in [5.74, 6) is 1.88. The molecule has 0 spiro atoms. The van der Waals surface area contributed by atoms with Gasteiger partial charge in [0.1, 0.15) is 23.9 Å². The van der Waals surface area contributed by atoms with Crippen LogP contribution in [-0.4, -0.2) is 25.2 Å². The number of nitrogen functional groups attached to an aromatic ring is 1. The molecule has 5 heteroatoms. The highest BCUT2D eigenvalue weighted by atomic mass is 16.5. The van der Waals surface area contributed by atoms with Gasteiger partial charge < -0.3 is 20.9 Å². The summed E-state index contributed by atoms with van der Waals surface area (Å²) >= 11 is 0. The van der Waals surface area contributed by atoms with E-state index >= 15 is 0 Å². The quantitative estimate of drug-likeness (QED) is 0.853. The molecule has 4 N–H and O–H groups in total. The number of rotatable bonds is 5. The number of nitrogens with two attached hydrogens (primary N) is 2. The van der Waals surface area contributed by atoms with Crippen molar-refractivity contribution in [3.05, 3.63) is 36.4 Å². The molecule has 1 aromatic carbocycles. The Kier molecular flexibility index (Phi) is 4.20. The molecule has 2 rings (SSSR count). The largest absolute Gasteiger partial charge is 0.496 e. The fraction of sp³-hybridized carbons (Fsp3) is 0.214. The van der Waals surface area contributed by atoms with E-state index in [4.69, 9.17) is 20.9 Å². The summed E-state index contributed by atoms with van der Waals surface area (Å²) in [6, 6.07) is 11.1. The summed E-state index contributed by atoms with van der Waals surface area (Å²) in [7, 11) is 1.61. The van der Waals surface area contributed by atoms with Crippen LogP contribution in [-0.2, 0) is 0 Å². The molecule has 0 atom stereocenters. The number of aromatic nitrogens is 1. The van der Waals surface area contributed by atoms with E-state index in [0.717, 1.165) is 17.0 Å². The third kappa shape index (κ3) is 3.14. The highest BCUT2D eigenvalue weighted by Crippen LogP contribution is 2.32. The second-order valence-corrected chi connectivity index (χ2v) is 3.95. The average molecular weight is 259 g/mol. The van der Waals surface area contributed by atoms with Crippen molar-refractivity contribution in [2.75, 3.05) is 26.0 Å². The second-order valence-electron chi connectivity index (χ2n) is 3.95. The fourth-order valence-electron chi connectivity index (χ4n) is 1.75. The first-order chi connectivity index (χ1) is 9.24. The molecule has 0 bridgehead atoms. The first-order valence-corrected chi connectivity index (χ1v) is 5.98. The molecule has 19 heavy (non-hydrogen) atoms. The fourth-order valence-corrected chi connectivity index (χ4v) is 1.75. The lowest BCUT2D eigenvalue weighted by atomic mass is 10.1. The molecule has 0 amide bonds. The Labute approximate surface area is 112 Å². The van der Waals surface area contributed by atoms with Gasteiger partial charge in [0.05, 0.1) is 12.8 Å². The van der Waals surface area contributed by atoms with Gasteiger partial charge in [0.15, 0.2) is 0 Å². The van der Waals surface area contributed by atoms with E-state index in [0.29, 0.717) is 24.7 Å². The summed E-state index contributed by atoms with van der Waals surface area (Å²) in [6.07, 6.45) is 0. The summed E-state index contributed by atoms with van der Waals surface area (Å²) in [4.78, 5) is 4.28. The van der Waals surface area contributed by atoms with Crippen molar-refractivity contribution >= 4 is 5.82 Å². The van der Waals surface area contributed by atoms with Gasteiger partial charge in [0, 0.05) is 18.2 Å². The van der Waals surface area contributed by atoms with Crippen molar-refractivity contribution in [1.82, 2.24) is 4.98 Å². The molecular weight excluding hydrogens is 242 g/mol. The number of methoxy groups -OCH3 is 1. The maximum absolute atomic E-state index is 5.69. The number of hydrogen-bond donors (Lipinski definition) is 2. The van der Waals surface area contributed by atoms with Crippen LogP contribution in [0.4, 0.5) is 5.82 Å². The van der Waals surface area contributed by atoms with Gasteiger partial charge >= 0.3 is 0 Å². The Balaban J connectivity index is 2.35. The van der Waals surface area contributed by atoms with Crippen molar-refractivity contribution in [2.45, 2.75) is 0 Å². The van der Waals surface area contributed by atoms with Crippen LogP contribution >= 0.6 is 0 Å². The van der Waals surface area contributed by atoms with Crippen LogP contribution in [0, 0.1) is 0 Å². The van der Waals surface area contributed by atoms with E-state index in [1.807, 2.05) is 30.3 Å². The van der Waals surface area contributed by atoms with E-state index in [-0.39, 0.29) is 0 Å². The Morgan fingerprint density at radius 1 is 1.21 bits per heavy atom. The Morgan fingerprint density at radius 3 is 2.74 bits per heavy atom. The zero-order valence-electron chi connectivity index (χ0n) is 10.8. The van der Waals surface area contributed by atoms with E-state index < -0.39 is 0 Å². The molecule has 100 valence electrons. The zero-order chi connectivity index (χ0) is 13.7. The van der Waals surface area contributed by atoms with Crippen LogP contribution in [0.15, 0.2) is 36.4 Å². The van der Waals surface area contributed by atoms with Crippen molar-refractivity contribution in [3.8, 4) is 22.8 Å². The Morgan fingerprint density at radius 2 is 2.05 bits per heavy atom. The monoisotopic (exact) mass is 259 g/mol. The van der Waals surface area contributed by atoms with E-state index in [9.17, 15) is 0 Å². The van der Waals surface area contributed by atoms with Crippen LogP contribution in [0.3, 0.4) is 0 Å². The maximum Gasteiger partial charge on any atom is 0.131 e. The zero-order valence-corrected chi connectivity index (χ0v) is 10.8. The van der Waals surface area contributed by atoms with Gasteiger partial charge in [-0.05, 0) is 24.3 Å². The highest BCUT2D eigenvalue weighted by molar-refractivity contribution is 5.69. The minimum Gasteiger partial charge on any atom is -0.496 e. The summed E-state index contributed by atoms with van der Waals surface area (Å²) in [5.41, 5.74) is 12.7. The summed E-state index contributed by atoms with van der Waals surface area (Å²) < 4.78 is 10.8. The molecule has 0 aliphatic carbocycles. The van der Waals surface area contributed by atoms with Crippen molar-refractivity contribution in [3.63, 3.8) is 0 Å². The summed E-state index contributed by atoms with van der Waals surface area (Å²) in [6.45, 7) is 0.944. The molecule has 0 radical (unpaired) electrons. The summed E-state index contributed by atoms with van der Waals surface area (Å²) in [5, 5.41) is 0. The second kappa shape index (κ2) is 6.06. The molecule has 0 aliphatic heterocycles. The number of anilines is 1. The van der Waals surface area contributed by atoms with Crippen molar-refractivity contribution in [1.29, 1.82) is 0 Å². The topological polar surface area (TPSA) is 83.4 Å². The van der Waals surface area contributed by atoms with Gasteiger partial charge in [-0.15, -0.1) is 0 Å². The molecule has 1 aromatic heterocycles. The normalized spacial score (nSPS) is 10.2. The smallest absolute Gasteiger partial charge is 0.131 e. The number of pyridine rings is 1. The van der Waals surface area contributed by atoms with Crippen molar-refractivity contribution in [2.24, 2.45) is 5.73 Å². The predicted octanol–water partition coefficient (Wildman–Crippen LogP) is 1.68. The van der Waals surface area contributed by atoms with Crippen LogP contribution in [0.25, 0.3) is 11.3 Å². The predicted molar refractivity (Wildman–Crippen MR) is 75.2 cm³/mol. The van der Waals surface area contributed by atoms with Gasteiger partial charge in [0.25, 0.3) is 0 Å². The lowest BCUT2D eigenvalue weighted by molar-refractivity contribution is 0.325. The first kappa shape index (κ1) is 13.2. The lowest BCUT2D eigenvalue weighted by Crippen LogP contribution is -2.10. The molecular formula is C14H17N3O2. The standard InChI is InChI=1S/C14H17N3O2/c1-18-13-9-10(19-8-7-15)5-6-11(13)12-3-2-4-14(16)17-12/h2-6,9H,7-8,15H2,1H3,(H2,16,17). The average Bonchev–Trinajstić information content (AvgIpc) is 2.44. The van der Waals surface area contributed by atoms with E-state index in [1.165, 1.54) is 0 Å². The third-order valence-electron chi connectivity index (χ3n) is 2.61. The Bertz CT molecular complexity index is 558. The van der Waals surface area contributed by atoms with Crippen LogP contribution in [0.5, 0.6) is 11.5 Å². The molecule has 2 aromatic rings. The van der Waals surface area contributed by atoms with Crippen LogP contribution < -0.4 is 20.9 Å². The minimum absolute atomic E-state index is 0.471. The number of ether oxygens (including phenoxy) is 2. The van der Waals surface area contributed by atoms with E-state index in [2.05, 4.69) is 4.98 Å². The molecule has 0 saturated heterocycles. The van der Waals surface area contributed by atoms with Gasteiger partial charge in [-0.3, -0.25) is 0 Å². The van der Waals surface area contributed by atoms with E-state index in [1.54, 1.807) is 13.2 Å². The molecule has 0 saturated carbocycles. The number of benzene rings is 1. The van der Waals surface area contributed by atoms with Gasteiger partial charge in [-0.25, -0.2) is 4.98 Å². The van der Waals surface area contributed by atoms with Crippen LogP contribution in [0.1, 0.15) is 0 Å². The molecule has 5 nitrogen and oxygen atoms in total.